The lowest BCUT2D eigenvalue weighted by Gasteiger charge is -2.31. The molecule has 1 saturated heterocycles. The van der Waals surface area contributed by atoms with E-state index in [1.54, 1.807) is 4.90 Å². The maximum atomic E-state index is 12.0. The van der Waals surface area contributed by atoms with Crippen molar-refractivity contribution in [2.24, 2.45) is 0 Å². The third-order valence-electron chi connectivity index (χ3n) is 2.76. The number of piperazine rings is 1. The van der Waals surface area contributed by atoms with Gasteiger partial charge in [-0.1, -0.05) is 0 Å². The minimum absolute atomic E-state index is 0. The number of hydrogen-bond acceptors (Lipinski definition) is 4. The van der Waals surface area contributed by atoms with Gasteiger partial charge in [0, 0.05) is 31.7 Å². The van der Waals surface area contributed by atoms with Gasteiger partial charge >= 0.3 is 0 Å². The van der Waals surface area contributed by atoms with Crippen LogP contribution in [0.15, 0.2) is 12.3 Å². The topological polar surface area (TPSA) is 91.3 Å². The molecular weight excluding hydrogens is 260 g/mol. The summed E-state index contributed by atoms with van der Waals surface area (Å²) in [5.74, 6) is -0.188. The number of carbonyl (C=O) groups excluding carboxylic acids is 1. The van der Waals surface area contributed by atoms with E-state index in [9.17, 15) is 14.9 Å². The summed E-state index contributed by atoms with van der Waals surface area (Å²) >= 11 is 0. The van der Waals surface area contributed by atoms with Crippen LogP contribution in [-0.2, 0) is 0 Å². The van der Waals surface area contributed by atoms with Crippen molar-refractivity contribution < 1.29 is 9.72 Å². The predicted molar refractivity (Wildman–Crippen MR) is 68.1 cm³/mol. The predicted octanol–water partition coefficient (Wildman–Crippen LogP) is 0.779. The molecule has 0 radical (unpaired) electrons. The summed E-state index contributed by atoms with van der Waals surface area (Å²) in [4.78, 5) is 26.4. The Balaban J connectivity index is 0.00000162. The Morgan fingerprint density at radius 2 is 2.33 bits per heavy atom. The molecule has 1 aliphatic heterocycles. The van der Waals surface area contributed by atoms with Gasteiger partial charge in [-0.25, -0.2) is 0 Å². The molecule has 2 heterocycles. The highest BCUT2D eigenvalue weighted by atomic mass is 35.5. The molecule has 2 rings (SSSR count). The number of amides is 1. The van der Waals surface area contributed by atoms with E-state index in [-0.39, 0.29) is 35.7 Å². The Hall–Kier alpha value is -1.60. The summed E-state index contributed by atoms with van der Waals surface area (Å²) in [6.45, 7) is 3.98. The van der Waals surface area contributed by atoms with E-state index in [0.717, 1.165) is 6.54 Å². The molecule has 1 aromatic heterocycles. The first kappa shape index (κ1) is 14.5. The lowest BCUT2D eigenvalue weighted by molar-refractivity contribution is -0.384. The largest absolute Gasteiger partial charge is 0.351 e. The van der Waals surface area contributed by atoms with Gasteiger partial charge in [0.25, 0.3) is 11.6 Å². The minimum Gasteiger partial charge on any atom is -0.351 e. The second-order valence-corrected chi connectivity index (χ2v) is 4.14. The quantitative estimate of drug-likeness (QED) is 0.616. The van der Waals surface area contributed by atoms with Crippen LogP contribution in [0, 0.1) is 10.1 Å². The summed E-state index contributed by atoms with van der Waals surface area (Å²) in [7, 11) is 0. The van der Waals surface area contributed by atoms with Crippen molar-refractivity contribution in [3.63, 3.8) is 0 Å². The standard InChI is InChI=1S/C10H14N4O3.ClH/c1-7-6-13(3-2-11-7)10(15)9-4-8(5-12-9)14(16)17;/h4-5,7,11-12H,2-3,6H2,1H3;1H. The second-order valence-electron chi connectivity index (χ2n) is 4.14. The molecular formula is C10H15ClN4O3. The molecule has 0 aromatic carbocycles. The summed E-state index contributed by atoms with van der Waals surface area (Å²) < 4.78 is 0. The van der Waals surface area contributed by atoms with Gasteiger partial charge in [-0.2, -0.15) is 0 Å². The molecule has 1 aliphatic rings. The number of nitro groups is 1. The lowest BCUT2D eigenvalue weighted by Crippen LogP contribution is -2.51. The normalized spacial score (nSPS) is 19.2. The van der Waals surface area contributed by atoms with Crippen LogP contribution in [0.4, 0.5) is 5.69 Å². The molecule has 1 unspecified atom stereocenters. The van der Waals surface area contributed by atoms with Gasteiger partial charge in [-0.05, 0) is 6.92 Å². The van der Waals surface area contributed by atoms with Crippen LogP contribution < -0.4 is 5.32 Å². The number of carbonyl (C=O) groups is 1. The molecule has 0 bridgehead atoms. The van der Waals surface area contributed by atoms with Gasteiger partial charge < -0.3 is 15.2 Å². The number of halogens is 1. The summed E-state index contributed by atoms with van der Waals surface area (Å²) in [6, 6.07) is 1.52. The van der Waals surface area contributed by atoms with Crippen LogP contribution in [0.3, 0.4) is 0 Å². The first-order valence-corrected chi connectivity index (χ1v) is 5.43. The van der Waals surface area contributed by atoms with Crippen LogP contribution in [0.1, 0.15) is 17.4 Å². The van der Waals surface area contributed by atoms with Gasteiger partial charge in [0.05, 0.1) is 11.1 Å². The third-order valence-corrected chi connectivity index (χ3v) is 2.76. The van der Waals surface area contributed by atoms with E-state index >= 15 is 0 Å². The van der Waals surface area contributed by atoms with Crippen molar-refractivity contribution in [2.45, 2.75) is 13.0 Å². The maximum Gasteiger partial charge on any atom is 0.287 e. The highest BCUT2D eigenvalue weighted by Gasteiger charge is 2.23. The second kappa shape index (κ2) is 5.83. The fraction of sp³-hybridized carbons (Fsp3) is 0.500. The van der Waals surface area contributed by atoms with Crippen LogP contribution in [0.2, 0.25) is 0 Å². The van der Waals surface area contributed by atoms with E-state index < -0.39 is 4.92 Å². The van der Waals surface area contributed by atoms with Gasteiger partial charge in [0.1, 0.15) is 5.69 Å². The van der Waals surface area contributed by atoms with E-state index in [1.165, 1.54) is 12.3 Å². The lowest BCUT2D eigenvalue weighted by atomic mass is 10.2. The number of aromatic nitrogens is 1. The van der Waals surface area contributed by atoms with Crippen molar-refractivity contribution in [3.8, 4) is 0 Å². The highest BCUT2D eigenvalue weighted by molar-refractivity contribution is 5.93. The number of nitrogens with one attached hydrogen (secondary N) is 2. The molecule has 2 N–H and O–H groups in total. The van der Waals surface area contributed by atoms with E-state index in [4.69, 9.17) is 0 Å². The molecule has 18 heavy (non-hydrogen) atoms. The number of nitrogens with zero attached hydrogens (tertiary/aromatic N) is 2. The fourth-order valence-corrected chi connectivity index (χ4v) is 1.90. The Morgan fingerprint density at radius 3 is 2.89 bits per heavy atom. The summed E-state index contributed by atoms with van der Waals surface area (Å²) in [5, 5.41) is 13.7. The summed E-state index contributed by atoms with van der Waals surface area (Å²) in [5.41, 5.74) is 0.183. The molecule has 0 saturated carbocycles. The van der Waals surface area contributed by atoms with Gasteiger partial charge in [-0.3, -0.25) is 14.9 Å². The smallest absolute Gasteiger partial charge is 0.287 e. The Kier molecular flexibility index (Phi) is 4.69. The monoisotopic (exact) mass is 274 g/mol. The maximum absolute atomic E-state index is 12.0. The molecule has 1 atom stereocenters. The van der Waals surface area contributed by atoms with Crippen LogP contribution >= 0.6 is 12.4 Å². The third kappa shape index (κ3) is 2.99. The highest BCUT2D eigenvalue weighted by Crippen LogP contribution is 2.14. The molecule has 100 valence electrons. The van der Waals surface area contributed by atoms with Crippen LogP contribution in [0.5, 0.6) is 0 Å². The van der Waals surface area contributed by atoms with Crippen molar-refractivity contribution in [3.05, 3.63) is 28.1 Å². The van der Waals surface area contributed by atoms with E-state index in [2.05, 4.69) is 10.3 Å². The molecule has 0 spiro atoms. The number of H-pyrrole nitrogens is 1. The summed E-state index contributed by atoms with van der Waals surface area (Å²) in [6.07, 6.45) is 1.23. The first-order valence-electron chi connectivity index (χ1n) is 5.43. The minimum atomic E-state index is -0.520. The fourth-order valence-electron chi connectivity index (χ4n) is 1.90. The Labute approximate surface area is 110 Å². The average Bonchev–Trinajstić information content (AvgIpc) is 2.77. The Bertz CT molecular complexity index is 448. The molecule has 1 aromatic rings. The van der Waals surface area contributed by atoms with Crippen molar-refractivity contribution in [1.82, 2.24) is 15.2 Å². The van der Waals surface area contributed by atoms with Crippen LogP contribution in [0.25, 0.3) is 0 Å². The zero-order valence-corrected chi connectivity index (χ0v) is 10.7. The van der Waals surface area contributed by atoms with E-state index in [0.29, 0.717) is 13.1 Å². The molecule has 7 nitrogen and oxygen atoms in total. The molecule has 1 fully saturated rings. The van der Waals surface area contributed by atoms with Crippen molar-refractivity contribution in [2.75, 3.05) is 19.6 Å². The van der Waals surface area contributed by atoms with E-state index in [1.807, 2.05) is 6.92 Å². The number of hydrogen-bond donors (Lipinski definition) is 2. The molecule has 1 amide bonds. The zero-order valence-electron chi connectivity index (χ0n) is 9.88. The van der Waals surface area contributed by atoms with Gasteiger partial charge in [0.2, 0.25) is 0 Å². The molecule has 8 heteroatoms. The van der Waals surface area contributed by atoms with Gasteiger partial charge in [-0.15, -0.1) is 12.4 Å². The average molecular weight is 275 g/mol. The zero-order chi connectivity index (χ0) is 12.4. The number of aromatic amines is 1. The van der Waals surface area contributed by atoms with Crippen molar-refractivity contribution in [1.29, 1.82) is 0 Å². The SMILES string of the molecule is CC1CN(C(=O)c2cc([N+](=O)[O-])c[nH]2)CCN1.Cl. The Morgan fingerprint density at radius 1 is 1.61 bits per heavy atom. The van der Waals surface area contributed by atoms with Gasteiger partial charge in [0.15, 0.2) is 0 Å². The molecule has 0 aliphatic carbocycles. The van der Waals surface area contributed by atoms with Crippen molar-refractivity contribution >= 4 is 24.0 Å². The van der Waals surface area contributed by atoms with Crippen LogP contribution in [-0.4, -0.2) is 46.4 Å². The first-order chi connectivity index (χ1) is 8.08. The number of rotatable bonds is 2.